The molecule has 7 heteroatoms. The Morgan fingerprint density at radius 2 is 2.00 bits per heavy atom. The maximum Gasteiger partial charge on any atom is 0.289 e. The largest absolute Gasteiger partial charge is 0.459 e. The van der Waals surface area contributed by atoms with Gasteiger partial charge in [-0.1, -0.05) is 18.2 Å². The van der Waals surface area contributed by atoms with Crippen LogP contribution in [0.3, 0.4) is 0 Å². The van der Waals surface area contributed by atoms with Crippen LogP contribution in [0.1, 0.15) is 29.0 Å². The molecule has 2 aromatic rings. The molecule has 0 aliphatic carbocycles. The van der Waals surface area contributed by atoms with Gasteiger partial charge in [-0.05, 0) is 31.0 Å². The van der Waals surface area contributed by atoms with Crippen molar-refractivity contribution >= 4 is 15.7 Å². The van der Waals surface area contributed by atoms with E-state index in [1.165, 1.54) is 12.3 Å². The summed E-state index contributed by atoms with van der Waals surface area (Å²) >= 11 is 0. The number of sulfone groups is 1. The summed E-state index contributed by atoms with van der Waals surface area (Å²) < 4.78 is 30.3. The van der Waals surface area contributed by atoms with E-state index >= 15 is 0 Å². The highest BCUT2D eigenvalue weighted by Gasteiger charge is 2.28. The van der Waals surface area contributed by atoms with Gasteiger partial charge in [0.2, 0.25) is 0 Å². The molecule has 1 saturated heterocycles. The lowest BCUT2D eigenvalue weighted by Gasteiger charge is -2.30. The summed E-state index contributed by atoms with van der Waals surface area (Å²) in [5, 5.41) is 0. The fourth-order valence-corrected chi connectivity index (χ4v) is 4.27. The first-order chi connectivity index (χ1) is 11.5. The number of hydrogen-bond donors (Lipinski definition) is 1. The monoisotopic (exact) mass is 348 g/mol. The Labute approximate surface area is 141 Å². The minimum atomic E-state index is -3.54. The van der Waals surface area contributed by atoms with Crippen molar-refractivity contribution in [3.63, 3.8) is 0 Å². The summed E-state index contributed by atoms with van der Waals surface area (Å²) in [6.07, 6.45) is 3.08. The van der Waals surface area contributed by atoms with Crippen LogP contribution >= 0.6 is 0 Å². The summed E-state index contributed by atoms with van der Waals surface area (Å²) in [5.74, 6) is -0.480. The topological polar surface area (TPSA) is 93.6 Å². The van der Waals surface area contributed by atoms with Crippen molar-refractivity contribution in [2.45, 2.75) is 29.5 Å². The molecular formula is C17H20N2O4S. The predicted octanol–water partition coefficient (Wildman–Crippen LogP) is 1.82. The van der Waals surface area contributed by atoms with Crippen molar-refractivity contribution in [2.75, 3.05) is 13.1 Å². The molecule has 6 nitrogen and oxygen atoms in total. The van der Waals surface area contributed by atoms with Gasteiger partial charge in [-0.3, -0.25) is 4.79 Å². The number of furan rings is 1. The molecule has 128 valence electrons. The van der Waals surface area contributed by atoms with E-state index < -0.39 is 9.84 Å². The lowest BCUT2D eigenvalue weighted by Crippen LogP contribution is -2.45. The van der Waals surface area contributed by atoms with Crippen LogP contribution in [0.25, 0.3) is 0 Å². The molecule has 2 N–H and O–H groups in total. The number of carbonyl (C=O) groups excluding carboxylic acids is 1. The molecule has 3 rings (SSSR count). The number of carbonyl (C=O) groups is 1. The van der Waals surface area contributed by atoms with Crippen molar-refractivity contribution in [1.29, 1.82) is 0 Å². The number of likely N-dealkylation sites (tertiary alicyclic amines) is 1. The van der Waals surface area contributed by atoms with Gasteiger partial charge in [0.05, 0.1) is 16.9 Å². The molecule has 1 unspecified atom stereocenters. The van der Waals surface area contributed by atoms with E-state index in [-0.39, 0.29) is 28.4 Å². The molecule has 1 aromatic heterocycles. The number of nitrogens with zero attached hydrogens (tertiary/aromatic N) is 1. The van der Waals surface area contributed by atoms with E-state index in [0.29, 0.717) is 18.7 Å². The van der Waals surface area contributed by atoms with E-state index in [9.17, 15) is 13.2 Å². The zero-order chi connectivity index (χ0) is 17.2. The second-order valence-corrected chi connectivity index (χ2v) is 7.99. The Hall–Kier alpha value is -2.12. The second kappa shape index (κ2) is 6.78. The molecule has 0 saturated carbocycles. The summed E-state index contributed by atoms with van der Waals surface area (Å²) in [6.45, 7) is 1.07. The molecule has 1 fully saturated rings. The molecule has 1 aromatic carbocycles. The van der Waals surface area contributed by atoms with Crippen LogP contribution in [0, 0.1) is 0 Å². The molecule has 1 amide bonds. The molecule has 1 aliphatic heterocycles. The van der Waals surface area contributed by atoms with E-state index in [1.807, 2.05) is 0 Å². The zero-order valence-electron chi connectivity index (χ0n) is 13.2. The highest BCUT2D eigenvalue weighted by atomic mass is 32.2. The van der Waals surface area contributed by atoms with Crippen LogP contribution in [-0.4, -0.2) is 38.4 Å². The van der Waals surface area contributed by atoms with Crippen LogP contribution < -0.4 is 5.73 Å². The Bertz CT molecular complexity index is 814. The standard InChI is InChI=1S/C17H20N2O4S/c18-14-5-4-9-19(11-14)17(20)16-13(8-10-23-16)12-24(21,22)15-6-2-1-3-7-15/h1-3,6-8,10,14H,4-5,9,11-12,18H2. The minimum Gasteiger partial charge on any atom is -0.459 e. The summed E-state index contributed by atoms with van der Waals surface area (Å²) in [7, 11) is -3.54. The number of amides is 1. The van der Waals surface area contributed by atoms with Crippen molar-refractivity contribution in [3.8, 4) is 0 Å². The van der Waals surface area contributed by atoms with Gasteiger partial charge in [0.1, 0.15) is 0 Å². The highest BCUT2D eigenvalue weighted by molar-refractivity contribution is 7.90. The van der Waals surface area contributed by atoms with Crippen molar-refractivity contribution in [2.24, 2.45) is 5.73 Å². The number of nitrogens with two attached hydrogens (primary N) is 1. The number of piperidine rings is 1. The third kappa shape index (κ3) is 3.52. The average molecular weight is 348 g/mol. The van der Waals surface area contributed by atoms with Gasteiger partial charge in [-0.2, -0.15) is 0 Å². The lowest BCUT2D eigenvalue weighted by atomic mass is 10.1. The third-order valence-corrected chi connectivity index (χ3v) is 5.82. The van der Waals surface area contributed by atoms with Gasteiger partial charge in [0, 0.05) is 24.7 Å². The average Bonchev–Trinajstić information content (AvgIpc) is 3.02. The SMILES string of the molecule is NC1CCCN(C(=O)c2occc2CS(=O)(=O)c2ccccc2)C1. The van der Waals surface area contributed by atoms with Gasteiger partial charge in [-0.25, -0.2) is 8.42 Å². The fraction of sp³-hybridized carbons (Fsp3) is 0.353. The molecule has 2 heterocycles. The molecular weight excluding hydrogens is 328 g/mol. The smallest absolute Gasteiger partial charge is 0.289 e. The van der Waals surface area contributed by atoms with Gasteiger partial charge < -0.3 is 15.1 Å². The van der Waals surface area contributed by atoms with Crippen molar-refractivity contribution < 1.29 is 17.6 Å². The van der Waals surface area contributed by atoms with Crippen LogP contribution in [0.5, 0.6) is 0 Å². The van der Waals surface area contributed by atoms with Crippen molar-refractivity contribution in [3.05, 3.63) is 54.0 Å². The van der Waals surface area contributed by atoms with E-state index in [2.05, 4.69) is 0 Å². The quantitative estimate of drug-likeness (QED) is 0.909. The first-order valence-electron chi connectivity index (χ1n) is 7.86. The maximum atomic E-state index is 12.6. The van der Waals surface area contributed by atoms with Gasteiger partial charge >= 0.3 is 0 Å². The molecule has 1 atom stereocenters. The third-order valence-electron chi connectivity index (χ3n) is 4.13. The van der Waals surface area contributed by atoms with Crippen molar-refractivity contribution in [1.82, 2.24) is 4.90 Å². The van der Waals surface area contributed by atoms with Crippen LogP contribution in [-0.2, 0) is 15.6 Å². The molecule has 0 spiro atoms. The molecule has 24 heavy (non-hydrogen) atoms. The first-order valence-corrected chi connectivity index (χ1v) is 9.51. The predicted molar refractivity (Wildman–Crippen MR) is 89.2 cm³/mol. The summed E-state index contributed by atoms with van der Waals surface area (Å²) in [6, 6.07) is 9.67. The minimum absolute atomic E-state index is 0.0471. The highest BCUT2D eigenvalue weighted by Crippen LogP contribution is 2.22. The number of hydrogen-bond acceptors (Lipinski definition) is 5. The number of rotatable bonds is 4. The first kappa shape index (κ1) is 16.7. The van der Waals surface area contributed by atoms with Gasteiger partial charge in [0.15, 0.2) is 15.6 Å². The molecule has 0 bridgehead atoms. The fourth-order valence-electron chi connectivity index (χ4n) is 2.89. The van der Waals surface area contributed by atoms with E-state index in [4.69, 9.17) is 10.2 Å². The Morgan fingerprint density at radius 3 is 2.71 bits per heavy atom. The van der Waals surface area contributed by atoms with Crippen LogP contribution in [0.2, 0.25) is 0 Å². The zero-order valence-corrected chi connectivity index (χ0v) is 14.0. The van der Waals surface area contributed by atoms with Gasteiger partial charge in [0.25, 0.3) is 5.91 Å². The van der Waals surface area contributed by atoms with Crippen LogP contribution in [0.15, 0.2) is 52.0 Å². The Kier molecular flexibility index (Phi) is 4.73. The molecule has 1 aliphatic rings. The summed E-state index contributed by atoms with van der Waals surface area (Å²) in [4.78, 5) is 14.5. The second-order valence-electron chi connectivity index (χ2n) is 6.00. The Morgan fingerprint density at radius 1 is 1.25 bits per heavy atom. The van der Waals surface area contributed by atoms with E-state index in [0.717, 1.165) is 12.8 Å². The number of benzene rings is 1. The molecule has 0 radical (unpaired) electrons. The van der Waals surface area contributed by atoms with E-state index in [1.54, 1.807) is 35.2 Å². The normalized spacial score (nSPS) is 18.5. The maximum absolute atomic E-state index is 12.6. The lowest BCUT2D eigenvalue weighted by molar-refractivity contribution is 0.0675. The summed E-state index contributed by atoms with van der Waals surface area (Å²) in [5.41, 5.74) is 6.29. The van der Waals surface area contributed by atoms with Crippen LogP contribution in [0.4, 0.5) is 0 Å². The Balaban J connectivity index is 1.82. The van der Waals surface area contributed by atoms with Gasteiger partial charge in [-0.15, -0.1) is 0 Å².